The minimum absolute atomic E-state index is 0.166. The Morgan fingerprint density at radius 2 is 1.22 bits per heavy atom. The fourth-order valence-electron chi connectivity index (χ4n) is 1.79. The SMILES string of the molecule is C=C(C)C(=O)CCCC(C)CCCC(=O)C(=C)C. The van der Waals surface area contributed by atoms with Gasteiger partial charge in [-0.05, 0) is 43.8 Å². The van der Waals surface area contributed by atoms with Gasteiger partial charge in [-0.1, -0.05) is 32.9 Å². The molecular weight excluding hydrogens is 224 g/mol. The normalized spacial score (nSPS) is 10.4. The van der Waals surface area contributed by atoms with Gasteiger partial charge in [0.05, 0.1) is 0 Å². The summed E-state index contributed by atoms with van der Waals surface area (Å²) in [4.78, 5) is 22.7. The molecule has 0 heterocycles. The predicted molar refractivity (Wildman–Crippen MR) is 76.5 cm³/mol. The zero-order valence-corrected chi connectivity index (χ0v) is 12.1. The summed E-state index contributed by atoms with van der Waals surface area (Å²) in [5.41, 5.74) is 1.30. The Morgan fingerprint density at radius 1 is 0.889 bits per heavy atom. The quantitative estimate of drug-likeness (QED) is 0.543. The lowest BCUT2D eigenvalue weighted by Gasteiger charge is -2.10. The van der Waals surface area contributed by atoms with Crippen LogP contribution in [-0.4, -0.2) is 11.6 Å². The Hall–Kier alpha value is -1.18. The Morgan fingerprint density at radius 3 is 1.50 bits per heavy atom. The van der Waals surface area contributed by atoms with Crippen molar-refractivity contribution in [2.45, 2.75) is 59.3 Å². The number of carbonyl (C=O) groups excluding carboxylic acids is 2. The van der Waals surface area contributed by atoms with Crippen molar-refractivity contribution >= 4 is 11.6 Å². The van der Waals surface area contributed by atoms with Gasteiger partial charge in [0.2, 0.25) is 0 Å². The Bertz CT molecular complexity index is 294. The molecule has 0 N–H and O–H groups in total. The maximum Gasteiger partial charge on any atom is 0.157 e. The van der Waals surface area contributed by atoms with Gasteiger partial charge < -0.3 is 0 Å². The third kappa shape index (κ3) is 7.99. The van der Waals surface area contributed by atoms with E-state index in [1.165, 1.54) is 0 Å². The molecule has 0 unspecified atom stereocenters. The molecule has 2 nitrogen and oxygen atoms in total. The van der Waals surface area contributed by atoms with Crippen molar-refractivity contribution in [1.82, 2.24) is 0 Å². The molecule has 0 spiro atoms. The summed E-state index contributed by atoms with van der Waals surface area (Å²) in [7, 11) is 0. The second kappa shape index (κ2) is 8.84. The van der Waals surface area contributed by atoms with Gasteiger partial charge in [0.1, 0.15) is 0 Å². The summed E-state index contributed by atoms with van der Waals surface area (Å²) in [6.07, 6.45) is 5.12. The third-order valence-corrected chi connectivity index (χ3v) is 3.15. The summed E-state index contributed by atoms with van der Waals surface area (Å²) in [6.45, 7) is 13.0. The highest BCUT2D eigenvalue weighted by Crippen LogP contribution is 2.16. The molecule has 0 amide bonds. The minimum Gasteiger partial charge on any atom is -0.295 e. The zero-order chi connectivity index (χ0) is 14.1. The van der Waals surface area contributed by atoms with Crippen molar-refractivity contribution in [2.75, 3.05) is 0 Å². The van der Waals surface area contributed by atoms with Crippen LogP contribution in [0, 0.1) is 5.92 Å². The third-order valence-electron chi connectivity index (χ3n) is 3.15. The van der Waals surface area contributed by atoms with Crippen molar-refractivity contribution in [3.8, 4) is 0 Å². The van der Waals surface area contributed by atoms with Crippen LogP contribution in [0.5, 0.6) is 0 Å². The van der Waals surface area contributed by atoms with E-state index in [2.05, 4.69) is 20.1 Å². The Labute approximate surface area is 111 Å². The molecule has 0 aliphatic heterocycles. The van der Waals surface area contributed by atoms with E-state index in [0.29, 0.717) is 29.9 Å². The van der Waals surface area contributed by atoms with Crippen molar-refractivity contribution in [1.29, 1.82) is 0 Å². The molecule has 18 heavy (non-hydrogen) atoms. The van der Waals surface area contributed by atoms with Crippen LogP contribution < -0.4 is 0 Å². The molecule has 0 rings (SSSR count). The second-order valence-corrected chi connectivity index (χ2v) is 5.30. The van der Waals surface area contributed by atoms with Crippen molar-refractivity contribution in [3.05, 3.63) is 24.3 Å². The number of allylic oxidation sites excluding steroid dienone is 2. The number of carbonyl (C=O) groups is 2. The van der Waals surface area contributed by atoms with Gasteiger partial charge in [-0.3, -0.25) is 9.59 Å². The van der Waals surface area contributed by atoms with Gasteiger partial charge in [-0.2, -0.15) is 0 Å². The lowest BCUT2D eigenvalue weighted by molar-refractivity contribution is -0.116. The summed E-state index contributed by atoms with van der Waals surface area (Å²) >= 11 is 0. The maximum atomic E-state index is 11.3. The maximum absolute atomic E-state index is 11.3. The van der Waals surface area contributed by atoms with Crippen LogP contribution in [0.4, 0.5) is 0 Å². The van der Waals surface area contributed by atoms with Crippen LogP contribution in [0.1, 0.15) is 59.3 Å². The first kappa shape index (κ1) is 16.8. The van der Waals surface area contributed by atoms with Crippen molar-refractivity contribution < 1.29 is 9.59 Å². The number of hydrogen-bond donors (Lipinski definition) is 0. The lowest BCUT2D eigenvalue weighted by Crippen LogP contribution is -2.03. The molecular formula is C16H26O2. The second-order valence-electron chi connectivity index (χ2n) is 5.30. The molecule has 2 heteroatoms. The predicted octanol–water partition coefficient (Wildman–Crippen LogP) is 4.25. The van der Waals surface area contributed by atoms with Gasteiger partial charge in [-0.25, -0.2) is 0 Å². The minimum atomic E-state index is 0.166. The molecule has 0 radical (unpaired) electrons. The number of rotatable bonds is 10. The number of hydrogen-bond acceptors (Lipinski definition) is 2. The fraction of sp³-hybridized carbons (Fsp3) is 0.625. The first-order chi connectivity index (χ1) is 8.34. The first-order valence-corrected chi connectivity index (χ1v) is 6.72. The lowest BCUT2D eigenvalue weighted by atomic mass is 9.95. The average Bonchev–Trinajstić information content (AvgIpc) is 2.28. The van der Waals surface area contributed by atoms with Gasteiger partial charge in [0.15, 0.2) is 11.6 Å². The smallest absolute Gasteiger partial charge is 0.157 e. The highest BCUT2D eigenvalue weighted by Gasteiger charge is 2.07. The van der Waals surface area contributed by atoms with E-state index in [1.54, 1.807) is 13.8 Å². The van der Waals surface area contributed by atoms with Crippen LogP contribution in [-0.2, 0) is 9.59 Å². The summed E-state index contributed by atoms with van der Waals surface area (Å²) in [5.74, 6) is 0.903. The monoisotopic (exact) mass is 250 g/mol. The van der Waals surface area contributed by atoms with Gasteiger partial charge >= 0.3 is 0 Å². The van der Waals surface area contributed by atoms with Crippen molar-refractivity contribution in [3.63, 3.8) is 0 Å². The van der Waals surface area contributed by atoms with E-state index in [4.69, 9.17) is 0 Å². The number of Topliss-reactive ketones (excluding diaryl/α,β-unsaturated/α-hetero) is 2. The molecule has 0 aromatic heterocycles. The van der Waals surface area contributed by atoms with E-state index < -0.39 is 0 Å². The molecule has 0 aromatic rings. The van der Waals surface area contributed by atoms with Gasteiger partial charge in [0.25, 0.3) is 0 Å². The number of ketones is 2. The van der Waals surface area contributed by atoms with Crippen LogP contribution in [0.3, 0.4) is 0 Å². The van der Waals surface area contributed by atoms with E-state index in [9.17, 15) is 9.59 Å². The van der Waals surface area contributed by atoms with Crippen LogP contribution in [0.2, 0.25) is 0 Å². The van der Waals surface area contributed by atoms with E-state index in [-0.39, 0.29) is 11.6 Å². The standard InChI is InChI=1S/C16H26O2/c1-12(2)15(17)10-6-8-14(5)9-7-11-16(18)13(3)4/h14H,1,3,6-11H2,2,4-5H3. The highest BCUT2D eigenvalue weighted by molar-refractivity contribution is 5.94. The van der Waals surface area contributed by atoms with Crippen LogP contribution in [0.25, 0.3) is 0 Å². The van der Waals surface area contributed by atoms with Gasteiger partial charge in [-0.15, -0.1) is 0 Å². The molecule has 0 bridgehead atoms. The summed E-state index contributed by atoms with van der Waals surface area (Å²) in [6, 6.07) is 0. The molecule has 0 aliphatic carbocycles. The largest absolute Gasteiger partial charge is 0.295 e. The molecule has 0 aromatic carbocycles. The van der Waals surface area contributed by atoms with E-state index in [1.807, 2.05) is 0 Å². The average molecular weight is 250 g/mol. The van der Waals surface area contributed by atoms with Crippen LogP contribution in [0.15, 0.2) is 24.3 Å². The molecule has 0 saturated heterocycles. The Kier molecular flexibility index (Phi) is 8.27. The summed E-state index contributed by atoms with van der Waals surface area (Å²) in [5, 5.41) is 0. The molecule has 0 fully saturated rings. The zero-order valence-electron chi connectivity index (χ0n) is 12.1. The van der Waals surface area contributed by atoms with E-state index >= 15 is 0 Å². The van der Waals surface area contributed by atoms with E-state index in [0.717, 1.165) is 25.7 Å². The van der Waals surface area contributed by atoms with Crippen molar-refractivity contribution in [2.24, 2.45) is 5.92 Å². The van der Waals surface area contributed by atoms with Gasteiger partial charge in [0, 0.05) is 12.8 Å². The molecule has 0 saturated carbocycles. The first-order valence-electron chi connectivity index (χ1n) is 6.72. The Balaban J connectivity index is 3.63. The molecule has 102 valence electrons. The van der Waals surface area contributed by atoms with Crippen LogP contribution >= 0.6 is 0 Å². The molecule has 0 aliphatic rings. The summed E-state index contributed by atoms with van der Waals surface area (Å²) < 4.78 is 0. The fourth-order valence-corrected chi connectivity index (χ4v) is 1.79. The highest BCUT2D eigenvalue weighted by atomic mass is 16.1. The topological polar surface area (TPSA) is 34.1 Å². The molecule has 0 atom stereocenters.